The van der Waals surface area contributed by atoms with Gasteiger partial charge in [-0.25, -0.2) is 0 Å². The third-order valence-electron chi connectivity index (χ3n) is 2.39. The summed E-state index contributed by atoms with van der Waals surface area (Å²) in [5, 5.41) is 3.48. The molecule has 1 saturated heterocycles. The van der Waals surface area contributed by atoms with Gasteiger partial charge in [0.25, 0.3) is 0 Å². The normalized spacial score (nSPS) is 23.1. The molecule has 1 aliphatic rings. The van der Waals surface area contributed by atoms with E-state index in [0.29, 0.717) is 6.04 Å². The summed E-state index contributed by atoms with van der Waals surface area (Å²) in [4.78, 5) is 0. The van der Waals surface area contributed by atoms with Crippen LogP contribution in [-0.2, 0) is 4.74 Å². The van der Waals surface area contributed by atoms with Crippen molar-refractivity contribution in [3.63, 3.8) is 0 Å². The van der Waals surface area contributed by atoms with E-state index in [1.54, 1.807) is 0 Å². The van der Waals surface area contributed by atoms with E-state index in [-0.39, 0.29) is 0 Å². The molecule has 1 heterocycles. The lowest BCUT2D eigenvalue weighted by Crippen LogP contribution is -2.23. The van der Waals surface area contributed by atoms with Gasteiger partial charge in [0.2, 0.25) is 0 Å². The molecule has 2 rings (SSSR count). The van der Waals surface area contributed by atoms with Gasteiger partial charge in [0.1, 0.15) is 0 Å². The van der Waals surface area contributed by atoms with E-state index >= 15 is 0 Å². The minimum atomic E-state index is 0.343. The molecule has 0 saturated carbocycles. The fourth-order valence-electron chi connectivity index (χ4n) is 1.65. The molecule has 1 aromatic carbocycles. The van der Waals surface area contributed by atoms with Crippen molar-refractivity contribution in [1.29, 1.82) is 0 Å². The van der Waals surface area contributed by atoms with Crippen LogP contribution in [0.1, 0.15) is 18.0 Å². The first-order chi connectivity index (χ1) is 6.86. The maximum atomic E-state index is 5.52. The van der Waals surface area contributed by atoms with Crippen LogP contribution in [0.3, 0.4) is 0 Å². The van der Waals surface area contributed by atoms with Crippen molar-refractivity contribution < 1.29 is 4.74 Å². The van der Waals surface area contributed by atoms with Crippen LogP contribution in [0, 0.1) is 0 Å². The van der Waals surface area contributed by atoms with Gasteiger partial charge in [0.15, 0.2) is 0 Å². The first kappa shape index (κ1) is 10.1. The van der Waals surface area contributed by atoms with Gasteiger partial charge in [-0.1, -0.05) is 28.1 Å². The average molecular weight is 256 g/mol. The molecular weight excluding hydrogens is 242 g/mol. The number of nitrogens with one attached hydrogen (secondary N) is 1. The highest BCUT2D eigenvalue weighted by molar-refractivity contribution is 9.10. The number of halogens is 1. The second kappa shape index (κ2) is 4.91. The van der Waals surface area contributed by atoms with Gasteiger partial charge in [-0.05, 0) is 30.7 Å². The molecule has 1 atom stereocenters. The van der Waals surface area contributed by atoms with Gasteiger partial charge in [-0.2, -0.15) is 0 Å². The van der Waals surface area contributed by atoms with Crippen LogP contribution in [0.15, 0.2) is 28.7 Å². The molecule has 2 nitrogen and oxygen atoms in total. The Labute approximate surface area is 92.8 Å². The van der Waals surface area contributed by atoms with Crippen molar-refractivity contribution in [2.45, 2.75) is 12.5 Å². The van der Waals surface area contributed by atoms with Crippen molar-refractivity contribution in [3.8, 4) is 0 Å². The zero-order valence-electron chi connectivity index (χ0n) is 8.00. The molecule has 14 heavy (non-hydrogen) atoms. The highest BCUT2D eigenvalue weighted by Crippen LogP contribution is 2.19. The van der Waals surface area contributed by atoms with Crippen molar-refractivity contribution in [1.82, 2.24) is 5.32 Å². The summed E-state index contributed by atoms with van der Waals surface area (Å²) in [6.45, 7) is 2.69. The monoisotopic (exact) mass is 255 g/mol. The van der Waals surface area contributed by atoms with E-state index in [1.165, 1.54) is 5.56 Å². The van der Waals surface area contributed by atoms with Gasteiger partial charge < -0.3 is 10.1 Å². The highest BCUT2D eigenvalue weighted by Gasteiger charge is 2.13. The zero-order valence-corrected chi connectivity index (χ0v) is 9.59. The Morgan fingerprint density at radius 2 is 2.36 bits per heavy atom. The third kappa shape index (κ3) is 2.56. The quantitative estimate of drug-likeness (QED) is 0.833. The summed E-state index contributed by atoms with van der Waals surface area (Å²) in [6, 6.07) is 8.73. The molecule has 0 bridgehead atoms. The van der Waals surface area contributed by atoms with Gasteiger partial charge >= 0.3 is 0 Å². The molecule has 1 fully saturated rings. The lowest BCUT2D eigenvalue weighted by molar-refractivity contribution is 0.131. The predicted molar refractivity (Wildman–Crippen MR) is 60.3 cm³/mol. The second-order valence-corrected chi connectivity index (χ2v) is 4.41. The molecule has 0 aliphatic carbocycles. The van der Waals surface area contributed by atoms with Crippen molar-refractivity contribution in [2.24, 2.45) is 0 Å². The van der Waals surface area contributed by atoms with Crippen molar-refractivity contribution >= 4 is 15.9 Å². The Kier molecular flexibility index (Phi) is 3.56. The van der Waals surface area contributed by atoms with E-state index in [0.717, 1.165) is 30.7 Å². The van der Waals surface area contributed by atoms with E-state index in [4.69, 9.17) is 4.74 Å². The lowest BCUT2D eigenvalue weighted by atomic mass is 10.1. The van der Waals surface area contributed by atoms with Gasteiger partial charge in [-0.15, -0.1) is 0 Å². The fourth-order valence-corrected chi connectivity index (χ4v) is 2.06. The molecule has 0 spiro atoms. The Bertz CT molecular complexity index is 295. The van der Waals surface area contributed by atoms with Gasteiger partial charge in [0.05, 0.1) is 12.6 Å². The molecular formula is C11H14BrNO. The Morgan fingerprint density at radius 1 is 1.43 bits per heavy atom. The first-order valence-electron chi connectivity index (χ1n) is 4.93. The number of hydrogen-bond acceptors (Lipinski definition) is 2. The SMILES string of the molecule is Brc1cccc(C2COCCCN2)c1. The Hall–Kier alpha value is -0.380. The van der Waals surface area contributed by atoms with Gasteiger partial charge in [0, 0.05) is 11.1 Å². The van der Waals surface area contributed by atoms with E-state index in [2.05, 4.69) is 39.4 Å². The van der Waals surface area contributed by atoms with Crippen LogP contribution in [0.25, 0.3) is 0 Å². The smallest absolute Gasteiger partial charge is 0.0661 e. The average Bonchev–Trinajstić information content (AvgIpc) is 2.45. The van der Waals surface area contributed by atoms with Crippen LogP contribution in [0.4, 0.5) is 0 Å². The third-order valence-corrected chi connectivity index (χ3v) is 2.89. The minimum Gasteiger partial charge on any atom is -0.379 e. The zero-order chi connectivity index (χ0) is 9.80. The minimum absolute atomic E-state index is 0.343. The Balaban J connectivity index is 2.12. The van der Waals surface area contributed by atoms with E-state index in [1.807, 2.05) is 6.07 Å². The predicted octanol–water partition coefficient (Wildman–Crippen LogP) is 2.50. The summed E-state index contributed by atoms with van der Waals surface area (Å²) >= 11 is 3.48. The molecule has 0 amide bonds. The molecule has 1 unspecified atom stereocenters. The van der Waals surface area contributed by atoms with Crippen LogP contribution in [-0.4, -0.2) is 19.8 Å². The maximum absolute atomic E-state index is 5.52. The highest BCUT2D eigenvalue weighted by atomic mass is 79.9. The molecule has 1 aromatic rings. The summed E-state index contributed by atoms with van der Waals surface area (Å²) in [5.41, 5.74) is 1.29. The summed E-state index contributed by atoms with van der Waals surface area (Å²) < 4.78 is 6.65. The van der Waals surface area contributed by atoms with E-state index in [9.17, 15) is 0 Å². The standard InChI is InChI=1S/C11H14BrNO/c12-10-4-1-3-9(7-10)11-8-14-6-2-5-13-11/h1,3-4,7,11,13H,2,5-6,8H2. The van der Waals surface area contributed by atoms with Crippen molar-refractivity contribution in [3.05, 3.63) is 34.3 Å². The first-order valence-corrected chi connectivity index (χ1v) is 5.72. The molecule has 0 aromatic heterocycles. The second-order valence-electron chi connectivity index (χ2n) is 3.49. The topological polar surface area (TPSA) is 21.3 Å². The lowest BCUT2D eigenvalue weighted by Gasteiger charge is -2.15. The van der Waals surface area contributed by atoms with Crippen LogP contribution in [0.5, 0.6) is 0 Å². The number of rotatable bonds is 1. The van der Waals surface area contributed by atoms with Crippen LogP contribution in [0.2, 0.25) is 0 Å². The maximum Gasteiger partial charge on any atom is 0.0661 e. The van der Waals surface area contributed by atoms with Crippen LogP contribution >= 0.6 is 15.9 Å². The Morgan fingerprint density at radius 3 is 3.21 bits per heavy atom. The van der Waals surface area contributed by atoms with Crippen molar-refractivity contribution in [2.75, 3.05) is 19.8 Å². The van der Waals surface area contributed by atoms with Crippen LogP contribution < -0.4 is 5.32 Å². The fraction of sp³-hybridized carbons (Fsp3) is 0.455. The van der Waals surface area contributed by atoms with Gasteiger partial charge in [-0.3, -0.25) is 0 Å². The summed E-state index contributed by atoms with van der Waals surface area (Å²) in [5.74, 6) is 0. The summed E-state index contributed by atoms with van der Waals surface area (Å²) in [6.07, 6.45) is 1.10. The van der Waals surface area contributed by atoms with E-state index < -0.39 is 0 Å². The number of hydrogen-bond donors (Lipinski definition) is 1. The molecule has 0 radical (unpaired) electrons. The number of benzene rings is 1. The largest absolute Gasteiger partial charge is 0.379 e. The summed E-state index contributed by atoms with van der Waals surface area (Å²) in [7, 11) is 0. The molecule has 3 heteroatoms. The number of ether oxygens (including phenoxy) is 1. The molecule has 1 N–H and O–H groups in total. The molecule has 1 aliphatic heterocycles. The molecule has 76 valence electrons.